The Morgan fingerprint density at radius 2 is 1.88 bits per heavy atom. The number of nitrogens with one attached hydrogen (secondary N) is 2. The molecule has 0 aromatic heterocycles. The molecule has 0 aliphatic carbocycles. The maximum absolute atomic E-state index is 12.1. The van der Waals surface area contributed by atoms with Crippen LogP contribution in [0.15, 0.2) is 29.2 Å². The second-order valence-corrected chi connectivity index (χ2v) is 6.87. The summed E-state index contributed by atoms with van der Waals surface area (Å²) in [5, 5.41) is 10.9. The zero-order valence-corrected chi connectivity index (χ0v) is 14.4. The highest BCUT2D eigenvalue weighted by molar-refractivity contribution is 7.89. The first kappa shape index (κ1) is 20.1. The predicted molar refractivity (Wildman–Crippen MR) is 87.3 cm³/mol. The van der Waals surface area contributed by atoms with E-state index in [0.29, 0.717) is 12.0 Å². The molecule has 0 spiro atoms. The predicted octanol–water partition coefficient (Wildman–Crippen LogP) is 0.594. The van der Waals surface area contributed by atoms with E-state index in [1.807, 2.05) is 6.92 Å². The van der Waals surface area contributed by atoms with Crippen molar-refractivity contribution in [2.75, 3.05) is 19.8 Å². The fourth-order valence-corrected chi connectivity index (χ4v) is 3.03. The van der Waals surface area contributed by atoms with Gasteiger partial charge >= 0.3 is 5.97 Å². The van der Waals surface area contributed by atoms with E-state index in [1.165, 1.54) is 24.3 Å². The zero-order chi connectivity index (χ0) is 18.2. The molecule has 1 aromatic rings. The number of carboxylic acid groups (broad SMARTS) is 1. The number of hydrogen-bond donors (Lipinski definition) is 3. The van der Waals surface area contributed by atoms with Gasteiger partial charge < -0.3 is 15.2 Å². The maximum Gasteiger partial charge on any atom is 0.329 e. The van der Waals surface area contributed by atoms with E-state index in [-0.39, 0.29) is 24.1 Å². The molecular weight excluding hydrogens is 336 g/mol. The summed E-state index contributed by atoms with van der Waals surface area (Å²) in [5.74, 6) is -1.48. The van der Waals surface area contributed by atoms with Crippen LogP contribution in [-0.2, 0) is 19.6 Å². The maximum atomic E-state index is 12.1. The molecule has 1 atom stereocenters. The van der Waals surface area contributed by atoms with Crippen LogP contribution in [0.25, 0.3) is 0 Å². The van der Waals surface area contributed by atoms with E-state index in [2.05, 4.69) is 10.0 Å². The number of aliphatic carboxylic acids is 1. The number of carbonyl (C=O) groups is 2. The fraction of sp³-hybridized carbons (Fsp3) is 0.467. The molecule has 0 fully saturated rings. The third-order valence-corrected chi connectivity index (χ3v) is 4.76. The molecule has 134 valence electrons. The average Bonchev–Trinajstić information content (AvgIpc) is 2.53. The van der Waals surface area contributed by atoms with Gasteiger partial charge in [0.25, 0.3) is 5.91 Å². The Labute approximate surface area is 141 Å². The number of ether oxygens (including phenoxy) is 1. The minimum atomic E-state index is -3.60. The Hall–Kier alpha value is -1.97. The highest BCUT2D eigenvalue weighted by atomic mass is 32.2. The van der Waals surface area contributed by atoms with Crippen molar-refractivity contribution < 1.29 is 27.9 Å². The van der Waals surface area contributed by atoms with Crippen molar-refractivity contribution in [3.63, 3.8) is 0 Å². The van der Waals surface area contributed by atoms with Crippen LogP contribution in [-0.4, -0.2) is 51.2 Å². The van der Waals surface area contributed by atoms with Gasteiger partial charge in [-0.3, -0.25) is 4.79 Å². The van der Waals surface area contributed by atoms with Crippen LogP contribution in [0.1, 0.15) is 30.6 Å². The number of hydrogen-bond acceptors (Lipinski definition) is 5. The van der Waals surface area contributed by atoms with Gasteiger partial charge in [-0.2, -0.15) is 0 Å². The quantitative estimate of drug-likeness (QED) is 0.526. The molecule has 3 N–H and O–H groups in total. The SMILES string of the molecule is CCC(C)NS(=O)(=O)c1ccc(C(=O)NCCOCC(=O)O)cc1. The van der Waals surface area contributed by atoms with Crippen LogP contribution < -0.4 is 10.0 Å². The molecular formula is C15H22N2O6S. The van der Waals surface area contributed by atoms with Gasteiger partial charge in [-0.05, 0) is 37.6 Å². The second kappa shape index (κ2) is 9.36. The Bertz CT molecular complexity index is 657. The third kappa shape index (κ3) is 6.65. The van der Waals surface area contributed by atoms with Gasteiger partial charge in [0.2, 0.25) is 10.0 Å². The van der Waals surface area contributed by atoms with Crippen molar-refractivity contribution in [3.05, 3.63) is 29.8 Å². The van der Waals surface area contributed by atoms with Crippen molar-refractivity contribution in [1.82, 2.24) is 10.0 Å². The number of benzene rings is 1. The summed E-state index contributed by atoms with van der Waals surface area (Å²) in [6.45, 7) is 3.45. The van der Waals surface area contributed by atoms with Gasteiger partial charge in [0.15, 0.2) is 0 Å². The fourth-order valence-electron chi connectivity index (χ4n) is 1.70. The summed E-state index contributed by atoms with van der Waals surface area (Å²) in [5.41, 5.74) is 0.302. The summed E-state index contributed by atoms with van der Waals surface area (Å²) in [7, 11) is -3.60. The summed E-state index contributed by atoms with van der Waals surface area (Å²) >= 11 is 0. The number of carbonyl (C=O) groups excluding carboxylic acids is 1. The van der Waals surface area contributed by atoms with Crippen molar-refractivity contribution in [3.8, 4) is 0 Å². The molecule has 1 amide bonds. The monoisotopic (exact) mass is 358 g/mol. The first-order valence-electron chi connectivity index (χ1n) is 7.46. The van der Waals surface area contributed by atoms with Gasteiger partial charge in [-0.25, -0.2) is 17.9 Å². The lowest BCUT2D eigenvalue weighted by molar-refractivity contribution is -0.142. The van der Waals surface area contributed by atoms with Gasteiger partial charge in [0.1, 0.15) is 6.61 Å². The van der Waals surface area contributed by atoms with Crippen LogP contribution in [0.5, 0.6) is 0 Å². The number of carboxylic acids is 1. The molecule has 0 saturated carbocycles. The smallest absolute Gasteiger partial charge is 0.329 e. The van der Waals surface area contributed by atoms with Crippen molar-refractivity contribution >= 4 is 21.9 Å². The normalized spacial score (nSPS) is 12.6. The molecule has 0 heterocycles. The second-order valence-electron chi connectivity index (χ2n) is 5.16. The number of amides is 1. The lowest BCUT2D eigenvalue weighted by Gasteiger charge is -2.12. The average molecular weight is 358 g/mol. The molecule has 9 heteroatoms. The molecule has 0 bridgehead atoms. The number of rotatable bonds is 10. The Morgan fingerprint density at radius 1 is 1.25 bits per heavy atom. The van der Waals surface area contributed by atoms with E-state index >= 15 is 0 Å². The van der Waals surface area contributed by atoms with E-state index in [9.17, 15) is 18.0 Å². The molecule has 1 rings (SSSR count). The molecule has 24 heavy (non-hydrogen) atoms. The van der Waals surface area contributed by atoms with Crippen molar-refractivity contribution in [2.45, 2.75) is 31.2 Å². The van der Waals surface area contributed by atoms with Crippen LogP contribution in [0.2, 0.25) is 0 Å². The van der Waals surface area contributed by atoms with E-state index in [1.54, 1.807) is 6.92 Å². The highest BCUT2D eigenvalue weighted by Crippen LogP contribution is 2.11. The van der Waals surface area contributed by atoms with Crippen LogP contribution >= 0.6 is 0 Å². The molecule has 1 unspecified atom stereocenters. The lowest BCUT2D eigenvalue weighted by Crippen LogP contribution is -2.32. The van der Waals surface area contributed by atoms with Gasteiger partial charge in [-0.15, -0.1) is 0 Å². The Balaban J connectivity index is 2.57. The molecule has 0 aliphatic rings. The largest absolute Gasteiger partial charge is 0.480 e. The van der Waals surface area contributed by atoms with Gasteiger partial charge in [0, 0.05) is 18.2 Å². The molecule has 0 saturated heterocycles. The topological polar surface area (TPSA) is 122 Å². The molecule has 0 aliphatic heterocycles. The van der Waals surface area contributed by atoms with Gasteiger partial charge in [-0.1, -0.05) is 6.92 Å². The minimum Gasteiger partial charge on any atom is -0.480 e. The summed E-state index contributed by atoms with van der Waals surface area (Å²) in [4.78, 5) is 22.2. The molecule has 1 aromatic carbocycles. The van der Waals surface area contributed by atoms with Gasteiger partial charge in [0.05, 0.1) is 11.5 Å². The minimum absolute atomic E-state index is 0.0727. The van der Waals surface area contributed by atoms with Crippen LogP contribution in [0.3, 0.4) is 0 Å². The highest BCUT2D eigenvalue weighted by Gasteiger charge is 2.17. The first-order valence-corrected chi connectivity index (χ1v) is 8.94. The summed E-state index contributed by atoms with van der Waals surface area (Å²) < 4.78 is 31.5. The molecule has 8 nitrogen and oxygen atoms in total. The van der Waals surface area contributed by atoms with E-state index in [0.717, 1.165) is 0 Å². The Morgan fingerprint density at radius 3 is 2.42 bits per heavy atom. The third-order valence-electron chi connectivity index (χ3n) is 3.15. The lowest BCUT2D eigenvalue weighted by atomic mass is 10.2. The van der Waals surface area contributed by atoms with Crippen LogP contribution in [0, 0.1) is 0 Å². The number of sulfonamides is 1. The first-order chi connectivity index (χ1) is 11.3. The Kier molecular flexibility index (Phi) is 7.83. The summed E-state index contributed by atoms with van der Waals surface area (Å²) in [6, 6.07) is 5.38. The van der Waals surface area contributed by atoms with E-state index < -0.39 is 28.5 Å². The van der Waals surface area contributed by atoms with E-state index in [4.69, 9.17) is 9.84 Å². The summed E-state index contributed by atoms with van der Waals surface area (Å²) in [6.07, 6.45) is 0.670. The van der Waals surface area contributed by atoms with Crippen molar-refractivity contribution in [1.29, 1.82) is 0 Å². The standard InChI is InChI=1S/C15H22N2O6S/c1-3-11(2)17-24(21,22)13-6-4-12(5-7-13)15(20)16-8-9-23-10-14(18)19/h4-7,11,17H,3,8-10H2,1-2H3,(H,16,20)(H,18,19). The molecule has 0 radical (unpaired) electrons. The van der Waals surface area contributed by atoms with Crippen molar-refractivity contribution in [2.24, 2.45) is 0 Å². The van der Waals surface area contributed by atoms with Crippen LogP contribution in [0.4, 0.5) is 0 Å². The zero-order valence-electron chi connectivity index (χ0n) is 13.6.